The van der Waals surface area contributed by atoms with E-state index in [0.29, 0.717) is 0 Å². The predicted molar refractivity (Wildman–Crippen MR) is 73.4 cm³/mol. The summed E-state index contributed by atoms with van der Waals surface area (Å²) in [5.41, 5.74) is 1.45. The molecule has 0 amide bonds. The monoisotopic (exact) mass is 249 g/mol. The third kappa shape index (κ3) is 2.32. The number of ether oxygens (including phenoxy) is 2. The summed E-state index contributed by atoms with van der Waals surface area (Å²) in [4.78, 5) is 0. The quantitative estimate of drug-likeness (QED) is 0.870. The van der Waals surface area contributed by atoms with Crippen LogP contribution in [0.15, 0.2) is 18.2 Å². The molecule has 3 heteroatoms. The smallest absolute Gasteiger partial charge is 0.161 e. The van der Waals surface area contributed by atoms with Gasteiger partial charge in [0.2, 0.25) is 0 Å². The molecule has 1 N–H and O–H groups in total. The zero-order valence-corrected chi connectivity index (χ0v) is 11.6. The van der Waals surface area contributed by atoms with Gasteiger partial charge in [-0.3, -0.25) is 0 Å². The maximum atomic E-state index is 5.41. The van der Waals surface area contributed by atoms with Gasteiger partial charge in [-0.1, -0.05) is 19.4 Å². The van der Waals surface area contributed by atoms with Crippen molar-refractivity contribution in [3.8, 4) is 11.5 Å². The fourth-order valence-corrected chi connectivity index (χ4v) is 2.97. The van der Waals surface area contributed by atoms with Crippen molar-refractivity contribution in [2.24, 2.45) is 0 Å². The lowest BCUT2D eigenvalue weighted by Gasteiger charge is -2.30. The van der Waals surface area contributed by atoms with Crippen LogP contribution in [-0.4, -0.2) is 20.8 Å². The number of rotatable bonds is 5. The second-order valence-electron chi connectivity index (χ2n) is 4.93. The fraction of sp³-hybridized carbons (Fsp3) is 0.600. The minimum absolute atomic E-state index is 0.133. The van der Waals surface area contributed by atoms with E-state index in [4.69, 9.17) is 9.47 Å². The van der Waals surface area contributed by atoms with Crippen LogP contribution in [0.3, 0.4) is 0 Å². The van der Waals surface area contributed by atoms with Crippen LogP contribution in [0, 0.1) is 0 Å². The molecule has 3 nitrogen and oxygen atoms in total. The fourth-order valence-electron chi connectivity index (χ4n) is 2.97. The summed E-state index contributed by atoms with van der Waals surface area (Å²) in [5, 5.41) is 3.68. The molecule has 1 saturated heterocycles. The lowest BCUT2D eigenvalue weighted by Crippen LogP contribution is -2.36. The molecule has 0 aromatic heterocycles. The van der Waals surface area contributed by atoms with Gasteiger partial charge in [0.15, 0.2) is 11.5 Å². The predicted octanol–water partition coefficient (Wildman–Crippen LogP) is 3.08. The third-order valence-electron chi connectivity index (χ3n) is 3.86. The second-order valence-corrected chi connectivity index (χ2v) is 4.93. The molecule has 1 heterocycles. The first-order valence-corrected chi connectivity index (χ1v) is 6.73. The Morgan fingerprint density at radius 1 is 1.22 bits per heavy atom. The van der Waals surface area contributed by atoms with Crippen molar-refractivity contribution in [1.82, 2.24) is 5.32 Å². The van der Waals surface area contributed by atoms with Crippen molar-refractivity contribution in [2.45, 2.75) is 38.1 Å². The van der Waals surface area contributed by atoms with Crippen molar-refractivity contribution < 1.29 is 9.47 Å². The molecule has 100 valence electrons. The lowest BCUT2D eigenvalue weighted by atomic mass is 9.84. The third-order valence-corrected chi connectivity index (χ3v) is 3.86. The normalized spacial score (nSPS) is 23.1. The molecule has 2 rings (SSSR count). The van der Waals surface area contributed by atoms with Gasteiger partial charge in [0.25, 0.3) is 0 Å². The molecule has 1 aromatic carbocycles. The Bertz CT molecular complexity index is 397. The number of benzene rings is 1. The summed E-state index contributed by atoms with van der Waals surface area (Å²) in [6.45, 7) is 3.34. The van der Waals surface area contributed by atoms with Crippen LogP contribution < -0.4 is 14.8 Å². The molecule has 0 radical (unpaired) electrons. The van der Waals surface area contributed by atoms with E-state index in [9.17, 15) is 0 Å². The molecule has 0 bridgehead atoms. The van der Waals surface area contributed by atoms with Gasteiger partial charge in [0, 0.05) is 5.54 Å². The second kappa shape index (κ2) is 5.61. The first-order valence-electron chi connectivity index (χ1n) is 6.73. The van der Waals surface area contributed by atoms with E-state index in [-0.39, 0.29) is 5.54 Å². The van der Waals surface area contributed by atoms with E-state index >= 15 is 0 Å². The van der Waals surface area contributed by atoms with E-state index in [1.807, 2.05) is 6.07 Å². The van der Waals surface area contributed by atoms with Crippen molar-refractivity contribution in [3.05, 3.63) is 23.8 Å². The molecule has 1 atom stereocenters. The highest BCUT2D eigenvalue weighted by molar-refractivity contribution is 5.45. The Hall–Kier alpha value is -1.22. The Labute approximate surface area is 109 Å². The zero-order chi connectivity index (χ0) is 13.0. The number of hydrogen-bond donors (Lipinski definition) is 1. The highest BCUT2D eigenvalue weighted by atomic mass is 16.5. The number of nitrogens with one attached hydrogen (secondary N) is 1. The Kier molecular flexibility index (Phi) is 4.12. The van der Waals surface area contributed by atoms with E-state index in [0.717, 1.165) is 18.0 Å². The zero-order valence-electron chi connectivity index (χ0n) is 11.6. The highest BCUT2D eigenvalue weighted by Crippen LogP contribution is 2.39. The maximum absolute atomic E-state index is 5.41. The first kappa shape index (κ1) is 13.2. The van der Waals surface area contributed by atoms with Gasteiger partial charge in [-0.2, -0.15) is 0 Å². The van der Waals surface area contributed by atoms with E-state index in [1.54, 1.807) is 14.2 Å². The van der Waals surface area contributed by atoms with Crippen molar-refractivity contribution in [2.75, 3.05) is 20.8 Å². The Morgan fingerprint density at radius 2 is 2.00 bits per heavy atom. The molecule has 0 aliphatic carbocycles. The van der Waals surface area contributed by atoms with E-state index in [1.165, 1.54) is 31.2 Å². The molecule has 18 heavy (non-hydrogen) atoms. The SMILES string of the molecule is CCCC1(c2ccc(OC)c(OC)c2)CCCN1. The maximum Gasteiger partial charge on any atom is 0.161 e. The molecular formula is C15H23NO2. The molecule has 1 aliphatic rings. The molecule has 1 aliphatic heterocycles. The molecular weight excluding hydrogens is 226 g/mol. The van der Waals surface area contributed by atoms with Gasteiger partial charge in [-0.25, -0.2) is 0 Å². The van der Waals surface area contributed by atoms with Crippen LogP contribution in [0.1, 0.15) is 38.2 Å². The van der Waals surface area contributed by atoms with Crippen LogP contribution in [-0.2, 0) is 5.54 Å². The highest BCUT2D eigenvalue weighted by Gasteiger charge is 2.34. The summed E-state index contributed by atoms with van der Waals surface area (Å²) >= 11 is 0. The molecule has 1 fully saturated rings. The average Bonchev–Trinajstić information content (AvgIpc) is 2.88. The molecule has 0 spiro atoms. The topological polar surface area (TPSA) is 30.5 Å². The van der Waals surface area contributed by atoms with Gasteiger partial charge in [0.05, 0.1) is 14.2 Å². The standard InChI is InChI=1S/C15H23NO2/c1-4-8-15(9-5-10-16-15)12-6-7-13(17-2)14(11-12)18-3/h6-7,11,16H,4-5,8-10H2,1-3H3. The van der Waals surface area contributed by atoms with Crippen molar-refractivity contribution >= 4 is 0 Å². The largest absolute Gasteiger partial charge is 0.493 e. The summed E-state index contributed by atoms with van der Waals surface area (Å²) in [5.74, 6) is 1.62. The minimum Gasteiger partial charge on any atom is -0.493 e. The van der Waals surface area contributed by atoms with Crippen LogP contribution in [0.4, 0.5) is 0 Å². The minimum atomic E-state index is 0.133. The van der Waals surface area contributed by atoms with Gasteiger partial charge in [0.1, 0.15) is 0 Å². The molecule has 1 aromatic rings. The van der Waals surface area contributed by atoms with Gasteiger partial charge in [-0.05, 0) is 43.5 Å². The summed E-state index contributed by atoms with van der Waals surface area (Å²) in [6.07, 6.45) is 4.80. The van der Waals surface area contributed by atoms with Crippen LogP contribution in [0.5, 0.6) is 11.5 Å². The Morgan fingerprint density at radius 3 is 2.56 bits per heavy atom. The molecule has 0 saturated carbocycles. The van der Waals surface area contributed by atoms with E-state index in [2.05, 4.69) is 24.4 Å². The van der Waals surface area contributed by atoms with Crippen LogP contribution in [0.2, 0.25) is 0 Å². The lowest BCUT2D eigenvalue weighted by molar-refractivity contribution is 0.339. The summed E-state index contributed by atoms with van der Waals surface area (Å²) < 4.78 is 10.7. The summed E-state index contributed by atoms with van der Waals surface area (Å²) in [6, 6.07) is 6.29. The van der Waals surface area contributed by atoms with Crippen LogP contribution >= 0.6 is 0 Å². The number of methoxy groups -OCH3 is 2. The average molecular weight is 249 g/mol. The Balaban J connectivity index is 2.36. The van der Waals surface area contributed by atoms with Gasteiger partial charge >= 0.3 is 0 Å². The first-order chi connectivity index (χ1) is 8.75. The van der Waals surface area contributed by atoms with Crippen molar-refractivity contribution in [1.29, 1.82) is 0 Å². The number of hydrogen-bond acceptors (Lipinski definition) is 3. The van der Waals surface area contributed by atoms with Gasteiger partial charge in [-0.15, -0.1) is 0 Å². The van der Waals surface area contributed by atoms with Gasteiger partial charge < -0.3 is 14.8 Å². The van der Waals surface area contributed by atoms with Crippen molar-refractivity contribution in [3.63, 3.8) is 0 Å². The van der Waals surface area contributed by atoms with Crippen LogP contribution in [0.25, 0.3) is 0 Å². The summed E-state index contributed by atoms with van der Waals surface area (Å²) in [7, 11) is 3.36. The van der Waals surface area contributed by atoms with E-state index < -0.39 is 0 Å². The molecule has 1 unspecified atom stereocenters.